The second-order valence-corrected chi connectivity index (χ2v) is 9.22. The normalized spacial score (nSPS) is 11.1. The van der Waals surface area contributed by atoms with Gasteiger partial charge in [-0.25, -0.2) is 9.97 Å². The number of fused-ring (bicyclic) bond motifs is 1. The number of thiazole rings is 1. The number of para-hydroxylation sites is 1. The van der Waals surface area contributed by atoms with E-state index in [0.717, 1.165) is 11.3 Å². The molecule has 6 nitrogen and oxygen atoms in total. The zero-order chi connectivity index (χ0) is 22.1. The number of aryl methyl sites for hydroxylation is 3. The molecule has 4 aromatic rings. The van der Waals surface area contributed by atoms with Crippen LogP contribution in [0.4, 0.5) is 5.13 Å². The molecule has 0 radical (unpaired) electrons. The lowest BCUT2D eigenvalue weighted by Crippen LogP contribution is -2.21. The topological polar surface area (TPSA) is 76.9 Å². The van der Waals surface area contributed by atoms with Crippen molar-refractivity contribution in [3.63, 3.8) is 0 Å². The molecule has 1 N–H and O–H groups in total. The number of nitrogens with one attached hydrogen (secondary N) is 1. The van der Waals surface area contributed by atoms with Crippen molar-refractivity contribution in [2.24, 2.45) is 7.05 Å². The Morgan fingerprint density at radius 2 is 1.84 bits per heavy atom. The van der Waals surface area contributed by atoms with Crippen LogP contribution in [0.1, 0.15) is 16.7 Å². The monoisotopic (exact) mass is 450 g/mol. The second-order valence-electron chi connectivity index (χ2n) is 7.42. The molecule has 31 heavy (non-hydrogen) atoms. The highest BCUT2D eigenvalue weighted by molar-refractivity contribution is 7.99. The van der Waals surface area contributed by atoms with Gasteiger partial charge in [-0.1, -0.05) is 41.6 Å². The molecule has 0 spiro atoms. The summed E-state index contributed by atoms with van der Waals surface area (Å²) in [5.74, 6) is -0.0542. The fourth-order valence-corrected chi connectivity index (χ4v) is 5.13. The van der Waals surface area contributed by atoms with Gasteiger partial charge in [0.2, 0.25) is 5.91 Å². The van der Waals surface area contributed by atoms with Crippen molar-refractivity contribution in [2.45, 2.75) is 25.9 Å². The number of anilines is 1. The van der Waals surface area contributed by atoms with Crippen LogP contribution >= 0.6 is 23.1 Å². The van der Waals surface area contributed by atoms with Gasteiger partial charge in [-0.2, -0.15) is 0 Å². The number of hydrogen-bond donors (Lipinski definition) is 1. The van der Waals surface area contributed by atoms with Crippen LogP contribution in [0, 0.1) is 20.8 Å². The summed E-state index contributed by atoms with van der Waals surface area (Å²) in [4.78, 5) is 34.1. The first kappa shape index (κ1) is 21.3. The van der Waals surface area contributed by atoms with E-state index in [0.29, 0.717) is 21.2 Å². The Balaban J connectivity index is 1.47. The van der Waals surface area contributed by atoms with E-state index in [9.17, 15) is 9.59 Å². The standard InChI is InChI=1S/C23H22N4O2S2/c1-13-9-14(2)20(15(3)10-13)18-11-30-22(24-18)26-19(28)12-31-23-25-17-8-6-5-7-16(17)21(29)27(23)4/h5-11H,12H2,1-4H3,(H,24,26,28). The van der Waals surface area contributed by atoms with Crippen molar-refractivity contribution in [1.29, 1.82) is 0 Å². The third-order valence-corrected chi connectivity index (χ3v) is 6.75. The molecule has 0 aliphatic heterocycles. The molecule has 0 saturated heterocycles. The second kappa shape index (κ2) is 8.64. The molecular weight excluding hydrogens is 428 g/mol. The predicted molar refractivity (Wildman–Crippen MR) is 128 cm³/mol. The maximum absolute atomic E-state index is 12.5. The van der Waals surface area contributed by atoms with Crippen LogP contribution in [0.2, 0.25) is 0 Å². The number of benzene rings is 2. The maximum atomic E-state index is 12.5. The number of aromatic nitrogens is 3. The molecule has 0 atom stereocenters. The highest BCUT2D eigenvalue weighted by atomic mass is 32.2. The fraction of sp³-hybridized carbons (Fsp3) is 0.217. The molecule has 8 heteroatoms. The van der Waals surface area contributed by atoms with E-state index in [1.807, 2.05) is 17.5 Å². The van der Waals surface area contributed by atoms with Gasteiger partial charge in [0, 0.05) is 18.0 Å². The van der Waals surface area contributed by atoms with Gasteiger partial charge in [-0.3, -0.25) is 14.2 Å². The molecule has 158 valence electrons. The van der Waals surface area contributed by atoms with Crippen LogP contribution in [0.15, 0.2) is 51.7 Å². The molecule has 0 fully saturated rings. The van der Waals surface area contributed by atoms with Crippen molar-refractivity contribution in [3.05, 3.63) is 68.8 Å². The number of amides is 1. The van der Waals surface area contributed by atoms with E-state index in [1.54, 1.807) is 19.2 Å². The Bertz CT molecular complexity index is 1330. The van der Waals surface area contributed by atoms with Gasteiger partial charge in [0.1, 0.15) is 0 Å². The highest BCUT2D eigenvalue weighted by Crippen LogP contribution is 2.31. The van der Waals surface area contributed by atoms with E-state index in [4.69, 9.17) is 0 Å². The number of hydrogen-bond acceptors (Lipinski definition) is 6. The number of rotatable bonds is 5. The van der Waals surface area contributed by atoms with Gasteiger partial charge in [0.15, 0.2) is 10.3 Å². The lowest BCUT2D eigenvalue weighted by molar-refractivity contribution is -0.113. The van der Waals surface area contributed by atoms with Crippen LogP contribution in [0.3, 0.4) is 0 Å². The van der Waals surface area contributed by atoms with Crippen LogP contribution < -0.4 is 10.9 Å². The molecular formula is C23H22N4O2S2. The van der Waals surface area contributed by atoms with Crippen molar-refractivity contribution in [3.8, 4) is 11.3 Å². The lowest BCUT2D eigenvalue weighted by atomic mass is 9.98. The third kappa shape index (κ3) is 4.40. The Hall–Kier alpha value is -2.97. The van der Waals surface area contributed by atoms with Gasteiger partial charge < -0.3 is 5.32 Å². The minimum Gasteiger partial charge on any atom is -0.301 e. The molecule has 1 amide bonds. The van der Waals surface area contributed by atoms with Gasteiger partial charge in [-0.15, -0.1) is 11.3 Å². The first-order valence-corrected chi connectivity index (χ1v) is 11.6. The SMILES string of the molecule is Cc1cc(C)c(-c2csc(NC(=O)CSc3nc4ccccc4c(=O)n3C)n2)c(C)c1. The summed E-state index contributed by atoms with van der Waals surface area (Å²) in [6.45, 7) is 6.23. The van der Waals surface area contributed by atoms with E-state index < -0.39 is 0 Å². The quantitative estimate of drug-likeness (QED) is 0.352. The summed E-state index contributed by atoms with van der Waals surface area (Å²) >= 11 is 2.63. The average Bonchev–Trinajstić information content (AvgIpc) is 3.16. The molecule has 2 aromatic heterocycles. The molecule has 0 saturated carbocycles. The maximum Gasteiger partial charge on any atom is 0.261 e. The van der Waals surface area contributed by atoms with Crippen LogP contribution in [-0.4, -0.2) is 26.2 Å². The lowest BCUT2D eigenvalue weighted by Gasteiger charge is -2.09. The van der Waals surface area contributed by atoms with Crippen molar-refractivity contribution in [1.82, 2.24) is 14.5 Å². The van der Waals surface area contributed by atoms with Crippen LogP contribution in [-0.2, 0) is 11.8 Å². The minimum atomic E-state index is -0.189. The summed E-state index contributed by atoms with van der Waals surface area (Å²) in [6.07, 6.45) is 0. The summed E-state index contributed by atoms with van der Waals surface area (Å²) < 4.78 is 1.48. The Kier molecular flexibility index (Phi) is 5.93. The third-order valence-electron chi connectivity index (χ3n) is 4.96. The zero-order valence-electron chi connectivity index (χ0n) is 17.7. The van der Waals surface area contributed by atoms with Gasteiger partial charge in [0.05, 0.1) is 22.3 Å². The van der Waals surface area contributed by atoms with Crippen molar-refractivity contribution < 1.29 is 4.79 Å². The van der Waals surface area contributed by atoms with Crippen molar-refractivity contribution in [2.75, 3.05) is 11.1 Å². The Labute approximate surface area is 188 Å². The number of carbonyl (C=O) groups is 1. The molecule has 2 aromatic carbocycles. The van der Waals surface area contributed by atoms with Gasteiger partial charge in [-0.05, 0) is 44.0 Å². The molecule has 0 bridgehead atoms. The summed E-state index contributed by atoms with van der Waals surface area (Å²) in [5, 5.41) is 6.44. The van der Waals surface area contributed by atoms with E-state index in [2.05, 4.69) is 48.2 Å². The molecule has 0 aliphatic carbocycles. The number of carbonyl (C=O) groups excluding carboxylic acids is 1. The predicted octanol–water partition coefficient (Wildman–Crippen LogP) is 4.71. The largest absolute Gasteiger partial charge is 0.301 e. The number of thioether (sulfide) groups is 1. The van der Waals surface area contributed by atoms with Gasteiger partial charge in [0.25, 0.3) is 5.56 Å². The highest BCUT2D eigenvalue weighted by Gasteiger charge is 2.14. The number of nitrogens with zero attached hydrogens (tertiary/aromatic N) is 3. The Morgan fingerprint density at radius 1 is 1.13 bits per heavy atom. The first-order valence-electron chi connectivity index (χ1n) is 9.75. The molecule has 2 heterocycles. The molecule has 0 aliphatic rings. The molecule has 4 rings (SSSR count). The van der Waals surface area contributed by atoms with Crippen molar-refractivity contribution >= 4 is 45.0 Å². The van der Waals surface area contributed by atoms with E-state index in [-0.39, 0.29) is 17.2 Å². The Morgan fingerprint density at radius 3 is 2.58 bits per heavy atom. The minimum absolute atomic E-state index is 0.123. The van der Waals surface area contributed by atoms with E-state index >= 15 is 0 Å². The molecule has 0 unspecified atom stereocenters. The zero-order valence-corrected chi connectivity index (χ0v) is 19.4. The van der Waals surface area contributed by atoms with E-state index in [1.165, 1.54) is 44.4 Å². The average molecular weight is 451 g/mol. The summed E-state index contributed by atoms with van der Waals surface area (Å²) in [5.41, 5.74) is 6.02. The summed E-state index contributed by atoms with van der Waals surface area (Å²) in [6, 6.07) is 11.5. The fourth-order valence-electron chi connectivity index (χ4n) is 3.64. The van der Waals surface area contributed by atoms with Gasteiger partial charge >= 0.3 is 0 Å². The van der Waals surface area contributed by atoms with Crippen LogP contribution in [0.25, 0.3) is 22.2 Å². The van der Waals surface area contributed by atoms with Crippen LogP contribution in [0.5, 0.6) is 0 Å². The smallest absolute Gasteiger partial charge is 0.261 e. The summed E-state index contributed by atoms with van der Waals surface area (Å²) in [7, 11) is 1.67. The first-order chi connectivity index (χ1) is 14.8.